The number of nitrogens with one attached hydrogen (secondary N) is 1. The number of nitrogens with zero attached hydrogens (tertiary/aromatic N) is 1. The molecule has 0 bridgehead atoms. The third kappa shape index (κ3) is 5.36. The number of amides is 1. The van der Waals surface area contributed by atoms with Crippen molar-refractivity contribution in [2.45, 2.75) is 33.2 Å². The largest absolute Gasteiger partial charge is 0.484 e. The highest BCUT2D eigenvalue weighted by atomic mass is 16.5. The van der Waals surface area contributed by atoms with E-state index in [-0.39, 0.29) is 24.5 Å². The highest BCUT2D eigenvalue weighted by Crippen LogP contribution is 2.22. The summed E-state index contributed by atoms with van der Waals surface area (Å²) in [7, 11) is 0. The van der Waals surface area contributed by atoms with E-state index >= 15 is 0 Å². The zero-order valence-electron chi connectivity index (χ0n) is 15.0. The van der Waals surface area contributed by atoms with Crippen LogP contribution < -0.4 is 10.1 Å². The Labute approximate surface area is 149 Å². The number of carbonyl (C=O) groups is 1. The number of nitriles is 1. The number of benzene rings is 2. The lowest BCUT2D eigenvalue weighted by molar-refractivity contribution is -0.124. The smallest absolute Gasteiger partial charge is 0.258 e. The number of rotatable bonds is 7. The van der Waals surface area contributed by atoms with Crippen LogP contribution in [0.4, 0.5) is 0 Å². The number of hydrogen-bond donors (Lipinski definition) is 1. The molecule has 0 aliphatic rings. The van der Waals surface area contributed by atoms with Gasteiger partial charge < -0.3 is 10.1 Å². The van der Waals surface area contributed by atoms with Crippen LogP contribution in [0.15, 0.2) is 48.5 Å². The first-order chi connectivity index (χ1) is 12.0. The molecule has 1 N–H and O–H groups in total. The first-order valence-corrected chi connectivity index (χ1v) is 8.54. The van der Waals surface area contributed by atoms with Crippen molar-refractivity contribution in [3.63, 3.8) is 0 Å². The minimum Gasteiger partial charge on any atom is -0.484 e. The van der Waals surface area contributed by atoms with Crippen LogP contribution in [0.1, 0.15) is 43.5 Å². The standard InChI is InChI=1S/C21H24N2O2/c1-4-16-5-9-18(10-6-16)21(15(2)3)23-20(24)14-25-19-11-7-17(13-22)8-12-19/h5-12,15,21H,4,14H2,1-3H3,(H,23,24). The summed E-state index contributed by atoms with van der Waals surface area (Å²) in [4.78, 5) is 12.3. The summed E-state index contributed by atoms with van der Waals surface area (Å²) in [5.74, 6) is 0.677. The van der Waals surface area contributed by atoms with E-state index in [0.29, 0.717) is 11.3 Å². The Bertz CT molecular complexity index is 728. The molecular formula is C21H24N2O2. The molecule has 130 valence electrons. The van der Waals surface area contributed by atoms with Crippen LogP contribution in [-0.2, 0) is 11.2 Å². The Morgan fingerprint density at radius 2 is 1.76 bits per heavy atom. The molecule has 0 aliphatic carbocycles. The van der Waals surface area contributed by atoms with Crippen LogP contribution in [0, 0.1) is 17.2 Å². The monoisotopic (exact) mass is 336 g/mol. The lowest BCUT2D eigenvalue weighted by Crippen LogP contribution is -2.35. The van der Waals surface area contributed by atoms with E-state index < -0.39 is 0 Å². The molecule has 2 rings (SSSR count). The van der Waals surface area contributed by atoms with Crippen LogP contribution in [0.2, 0.25) is 0 Å². The van der Waals surface area contributed by atoms with Crippen molar-refractivity contribution in [1.29, 1.82) is 5.26 Å². The molecule has 2 aromatic rings. The van der Waals surface area contributed by atoms with E-state index in [1.54, 1.807) is 24.3 Å². The van der Waals surface area contributed by atoms with Crippen molar-refractivity contribution in [2.24, 2.45) is 5.92 Å². The quantitative estimate of drug-likeness (QED) is 0.831. The van der Waals surface area contributed by atoms with Crippen LogP contribution in [0.5, 0.6) is 5.75 Å². The van der Waals surface area contributed by atoms with Crippen LogP contribution >= 0.6 is 0 Å². The second-order valence-corrected chi connectivity index (χ2v) is 6.31. The summed E-state index contributed by atoms with van der Waals surface area (Å²) in [6.45, 7) is 6.24. The molecule has 1 unspecified atom stereocenters. The van der Waals surface area contributed by atoms with Crippen LogP contribution in [-0.4, -0.2) is 12.5 Å². The molecule has 0 saturated heterocycles. The number of aryl methyl sites for hydroxylation is 1. The number of ether oxygens (including phenoxy) is 1. The molecule has 0 fully saturated rings. The molecule has 0 aliphatic heterocycles. The highest BCUT2D eigenvalue weighted by molar-refractivity contribution is 5.78. The van der Waals surface area contributed by atoms with Gasteiger partial charge in [0.05, 0.1) is 17.7 Å². The van der Waals surface area contributed by atoms with E-state index in [0.717, 1.165) is 12.0 Å². The zero-order valence-corrected chi connectivity index (χ0v) is 15.0. The molecule has 1 amide bonds. The maximum Gasteiger partial charge on any atom is 0.258 e. The Morgan fingerprint density at radius 3 is 2.28 bits per heavy atom. The fraction of sp³-hybridized carbons (Fsp3) is 0.333. The zero-order chi connectivity index (χ0) is 18.2. The van der Waals surface area contributed by atoms with Gasteiger partial charge in [0.1, 0.15) is 5.75 Å². The summed E-state index contributed by atoms with van der Waals surface area (Å²) in [5.41, 5.74) is 2.94. The third-order valence-electron chi connectivity index (χ3n) is 4.08. The van der Waals surface area contributed by atoms with Gasteiger partial charge in [-0.05, 0) is 47.7 Å². The van der Waals surface area contributed by atoms with Gasteiger partial charge >= 0.3 is 0 Å². The van der Waals surface area contributed by atoms with E-state index in [1.165, 1.54) is 5.56 Å². The predicted molar refractivity (Wildman–Crippen MR) is 98.2 cm³/mol. The van der Waals surface area contributed by atoms with Gasteiger partial charge in [0.25, 0.3) is 5.91 Å². The van der Waals surface area contributed by atoms with E-state index in [4.69, 9.17) is 10.00 Å². The molecule has 2 aromatic carbocycles. The Kier molecular flexibility index (Phi) is 6.59. The van der Waals surface area contributed by atoms with Crippen molar-refractivity contribution in [1.82, 2.24) is 5.32 Å². The maximum atomic E-state index is 12.3. The molecule has 25 heavy (non-hydrogen) atoms. The second kappa shape index (κ2) is 8.89. The topological polar surface area (TPSA) is 62.1 Å². The van der Waals surface area contributed by atoms with E-state index in [9.17, 15) is 4.79 Å². The van der Waals surface area contributed by atoms with Crippen molar-refractivity contribution < 1.29 is 9.53 Å². The minimum atomic E-state index is -0.164. The summed E-state index contributed by atoms with van der Waals surface area (Å²) in [6, 6.07) is 17.1. The molecule has 0 heterocycles. The Morgan fingerprint density at radius 1 is 1.12 bits per heavy atom. The molecule has 4 heteroatoms. The van der Waals surface area contributed by atoms with E-state index in [2.05, 4.69) is 50.4 Å². The average molecular weight is 336 g/mol. The van der Waals surface area contributed by atoms with Crippen molar-refractivity contribution in [3.05, 3.63) is 65.2 Å². The average Bonchev–Trinajstić information content (AvgIpc) is 2.64. The highest BCUT2D eigenvalue weighted by Gasteiger charge is 2.18. The first-order valence-electron chi connectivity index (χ1n) is 8.54. The van der Waals surface area contributed by atoms with Gasteiger partial charge in [-0.25, -0.2) is 0 Å². The van der Waals surface area contributed by atoms with Crippen LogP contribution in [0.25, 0.3) is 0 Å². The van der Waals surface area contributed by atoms with Crippen LogP contribution in [0.3, 0.4) is 0 Å². The van der Waals surface area contributed by atoms with E-state index in [1.807, 2.05) is 6.07 Å². The van der Waals surface area contributed by atoms with Crippen molar-refractivity contribution >= 4 is 5.91 Å². The fourth-order valence-electron chi connectivity index (χ4n) is 2.59. The lowest BCUT2D eigenvalue weighted by atomic mass is 9.95. The predicted octanol–water partition coefficient (Wildman–Crippen LogP) is 4.01. The molecule has 0 aromatic heterocycles. The summed E-state index contributed by atoms with van der Waals surface area (Å²) in [5, 5.41) is 11.8. The second-order valence-electron chi connectivity index (χ2n) is 6.31. The lowest BCUT2D eigenvalue weighted by Gasteiger charge is -2.23. The van der Waals surface area contributed by atoms with Crippen molar-refractivity contribution in [2.75, 3.05) is 6.61 Å². The molecule has 0 saturated carbocycles. The Hall–Kier alpha value is -2.80. The van der Waals surface area contributed by atoms with Gasteiger partial charge in [-0.15, -0.1) is 0 Å². The summed E-state index contributed by atoms with van der Waals surface area (Å²) >= 11 is 0. The van der Waals surface area contributed by atoms with Gasteiger partial charge in [0.2, 0.25) is 0 Å². The number of hydrogen-bond acceptors (Lipinski definition) is 3. The van der Waals surface area contributed by atoms with Gasteiger partial charge in [-0.1, -0.05) is 45.0 Å². The SMILES string of the molecule is CCc1ccc(C(NC(=O)COc2ccc(C#N)cc2)C(C)C)cc1. The summed E-state index contributed by atoms with van der Waals surface area (Å²) in [6.07, 6.45) is 0.997. The summed E-state index contributed by atoms with van der Waals surface area (Å²) < 4.78 is 5.50. The molecule has 0 radical (unpaired) electrons. The first kappa shape index (κ1) is 18.5. The van der Waals surface area contributed by atoms with Crippen molar-refractivity contribution in [3.8, 4) is 11.8 Å². The van der Waals surface area contributed by atoms with Gasteiger partial charge in [0, 0.05) is 0 Å². The van der Waals surface area contributed by atoms with Gasteiger partial charge in [-0.3, -0.25) is 4.79 Å². The maximum absolute atomic E-state index is 12.3. The van der Waals surface area contributed by atoms with Gasteiger partial charge in [0.15, 0.2) is 6.61 Å². The minimum absolute atomic E-state index is 0.0528. The molecule has 1 atom stereocenters. The Balaban J connectivity index is 1.96. The van der Waals surface area contributed by atoms with Gasteiger partial charge in [-0.2, -0.15) is 5.26 Å². The molecule has 4 nitrogen and oxygen atoms in total. The number of carbonyl (C=O) groups excluding carboxylic acids is 1. The molecular weight excluding hydrogens is 312 g/mol. The normalized spacial score (nSPS) is 11.6. The molecule has 0 spiro atoms. The fourth-order valence-corrected chi connectivity index (χ4v) is 2.59. The third-order valence-corrected chi connectivity index (χ3v) is 4.08.